The minimum Gasteiger partial charge on any atom is -0.505 e. The SMILES string of the molecule is CC1CCCCC1N(C)Cc1ccc(O)c(F)c1. The molecular weight excluding hydrogens is 229 g/mol. The number of nitrogens with zero attached hydrogens (tertiary/aromatic N) is 1. The molecule has 1 aromatic rings. The number of hydrogen-bond acceptors (Lipinski definition) is 2. The van der Waals surface area contributed by atoms with Gasteiger partial charge in [0, 0.05) is 12.6 Å². The first-order valence-electron chi connectivity index (χ1n) is 6.75. The summed E-state index contributed by atoms with van der Waals surface area (Å²) in [7, 11) is 2.11. The van der Waals surface area contributed by atoms with Crippen molar-refractivity contribution >= 4 is 0 Å². The third-order valence-corrected chi connectivity index (χ3v) is 4.08. The summed E-state index contributed by atoms with van der Waals surface area (Å²) in [5.41, 5.74) is 0.922. The van der Waals surface area contributed by atoms with E-state index < -0.39 is 5.82 Å². The standard InChI is InChI=1S/C15H22FNO/c1-11-5-3-4-6-14(11)17(2)10-12-7-8-15(18)13(16)9-12/h7-9,11,14,18H,3-6,10H2,1-2H3. The molecule has 100 valence electrons. The summed E-state index contributed by atoms with van der Waals surface area (Å²) in [5.74, 6) is -0.0873. The Morgan fingerprint density at radius 3 is 2.72 bits per heavy atom. The van der Waals surface area contributed by atoms with Crippen molar-refractivity contribution in [2.45, 2.75) is 45.2 Å². The van der Waals surface area contributed by atoms with Crippen molar-refractivity contribution in [1.82, 2.24) is 4.90 Å². The normalized spacial score (nSPS) is 24.4. The molecule has 0 spiro atoms. The summed E-state index contributed by atoms with van der Waals surface area (Å²) in [6, 6.07) is 5.25. The Balaban J connectivity index is 2.01. The van der Waals surface area contributed by atoms with Gasteiger partial charge in [0.25, 0.3) is 0 Å². The number of rotatable bonds is 3. The lowest BCUT2D eigenvalue weighted by atomic mass is 9.85. The van der Waals surface area contributed by atoms with Gasteiger partial charge in [0.2, 0.25) is 0 Å². The molecule has 1 N–H and O–H groups in total. The van der Waals surface area contributed by atoms with Gasteiger partial charge in [-0.2, -0.15) is 0 Å². The first kappa shape index (κ1) is 13.3. The number of halogens is 1. The largest absolute Gasteiger partial charge is 0.505 e. The molecule has 2 nitrogen and oxygen atoms in total. The number of phenols is 1. The Bertz CT molecular complexity index is 407. The molecule has 2 atom stereocenters. The highest BCUT2D eigenvalue weighted by Gasteiger charge is 2.24. The Morgan fingerprint density at radius 1 is 1.33 bits per heavy atom. The van der Waals surface area contributed by atoms with E-state index in [4.69, 9.17) is 0 Å². The van der Waals surface area contributed by atoms with Gasteiger partial charge >= 0.3 is 0 Å². The molecule has 0 aliphatic heterocycles. The van der Waals surface area contributed by atoms with Crippen LogP contribution in [-0.4, -0.2) is 23.1 Å². The van der Waals surface area contributed by atoms with Crippen LogP contribution in [0.2, 0.25) is 0 Å². The molecule has 0 aromatic heterocycles. The van der Waals surface area contributed by atoms with E-state index in [0.29, 0.717) is 12.0 Å². The molecule has 18 heavy (non-hydrogen) atoms. The van der Waals surface area contributed by atoms with E-state index in [-0.39, 0.29) is 5.75 Å². The van der Waals surface area contributed by atoms with Gasteiger partial charge in [-0.1, -0.05) is 25.8 Å². The number of phenolic OH excluding ortho intramolecular Hbond substituents is 1. The van der Waals surface area contributed by atoms with Gasteiger partial charge in [-0.25, -0.2) is 4.39 Å². The Hall–Kier alpha value is -1.09. The van der Waals surface area contributed by atoms with Crippen LogP contribution >= 0.6 is 0 Å². The van der Waals surface area contributed by atoms with Gasteiger partial charge in [-0.05, 0) is 43.5 Å². The zero-order valence-corrected chi connectivity index (χ0v) is 11.2. The predicted octanol–water partition coefficient (Wildman–Crippen LogP) is 3.54. The summed E-state index contributed by atoms with van der Waals surface area (Å²) >= 11 is 0. The monoisotopic (exact) mass is 251 g/mol. The highest BCUT2D eigenvalue weighted by atomic mass is 19.1. The smallest absolute Gasteiger partial charge is 0.165 e. The summed E-state index contributed by atoms with van der Waals surface area (Å²) in [6.45, 7) is 3.05. The summed E-state index contributed by atoms with van der Waals surface area (Å²) in [4.78, 5) is 2.32. The van der Waals surface area contributed by atoms with Crippen LogP contribution in [0.3, 0.4) is 0 Å². The van der Waals surface area contributed by atoms with E-state index in [1.165, 1.54) is 37.8 Å². The van der Waals surface area contributed by atoms with Crippen LogP contribution in [0.15, 0.2) is 18.2 Å². The molecule has 0 saturated heterocycles. The Kier molecular flexibility index (Phi) is 4.23. The van der Waals surface area contributed by atoms with Crippen LogP contribution in [0, 0.1) is 11.7 Å². The van der Waals surface area contributed by atoms with Crippen LogP contribution in [0.25, 0.3) is 0 Å². The van der Waals surface area contributed by atoms with Crippen molar-refractivity contribution in [2.24, 2.45) is 5.92 Å². The molecule has 3 heteroatoms. The summed E-state index contributed by atoms with van der Waals surface area (Å²) in [5, 5.41) is 9.18. The van der Waals surface area contributed by atoms with Crippen molar-refractivity contribution in [3.05, 3.63) is 29.6 Å². The van der Waals surface area contributed by atoms with Gasteiger partial charge < -0.3 is 5.11 Å². The van der Waals surface area contributed by atoms with Gasteiger partial charge in [0.15, 0.2) is 11.6 Å². The van der Waals surface area contributed by atoms with E-state index in [2.05, 4.69) is 18.9 Å². The van der Waals surface area contributed by atoms with Crippen molar-refractivity contribution in [3.8, 4) is 5.75 Å². The first-order chi connectivity index (χ1) is 8.58. The minimum absolute atomic E-state index is 0.271. The molecular formula is C15H22FNO. The second-order valence-electron chi connectivity index (χ2n) is 5.53. The number of aromatic hydroxyl groups is 1. The van der Waals surface area contributed by atoms with Crippen LogP contribution in [0.4, 0.5) is 4.39 Å². The fourth-order valence-electron chi connectivity index (χ4n) is 3.01. The second kappa shape index (κ2) is 5.70. The molecule has 0 amide bonds. The molecule has 2 rings (SSSR count). The first-order valence-corrected chi connectivity index (χ1v) is 6.75. The molecule has 1 aliphatic carbocycles. The topological polar surface area (TPSA) is 23.5 Å². The maximum atomic E-state index is 13.3. The quantitative estimate of drug-likeness (QED) is 0.888. The predicted molar refractivity (Wildman–Crippen MR) is 71.0 cm³/mol. The second-order valence-corrected chi connectivity index (χ2v) is 5.53. The number of benzene rings is 1. The van der Waals surface area contributed by atoms with E-state index in [1.807, 2.05) is 0 Å². The number of hydrogen-bond donors (Lipinski definition) is 1. The maximum Gasteiger partial charge on any atom is 0.165 e. The molecule has 0 heterocycles. The Morgan fingerprint density at radius 2 is 2.06 bits per heavy atom. The minimum atomic E-state index is -0.530. The van der Waals surface area contributed by atoms with Crippen molar-refractivity contribution in [2.75, 3.05) is 7.05 Å². The van der Waals surface area contributed by atoms with Crippen LogP contribution < -0.4 is 0 Å². The van der Waals surface area contributed by atoms with Gasteiger partial charge in [-0.15, -0.1) is 0 Å². The third-order valence-electron chi connectivity index (χ3n) is 4.08. The zero-order chi connectivity index (χ0) is 13.1. The fourth-order valence-corrected chi connectivity index (χ4v) is 3.01. The molecule has 0 bridgehead atoms. The third kappa shape index (κ3) is 3.02. The van der Waals surface area contributed by atoms with E-state index in [0.717, 1.165) is 12.1 Å². The van der Waals surface area contributed by atoms with E-state index in [1.54, 1.807) is 6.07 Å². The molecule has 2 unspecified atom stereocenters. The van der Waals surface area contributed by atoms with Gasteiger partial charge in [0.05, 0.1) is 0 Å². The van der Waals surface area contributed by atoms with Crippen LogP contribution in [0.1, 0.15) is 38.2 Å². The highest BCUT2D eigenvalue weighted by molar-refractivity contribution is 5.27. The average molecular weight is 251 g/mol. The fraction of sp³-hybridized carbons (Fsp3) is 0.600. The lowest BCUT2D eigenvalue weighted by Crippen LogP contribution is -2.38. The lowest BCUT2D eigenvalue weighted by molar-refractivity contribution is 0.133. The van der Waals surface area contributed by atoms with Crippen LogP contribution in [-0.2, 0) is 6.54 Å². The zero-order valence-electron chi connectivity index (χ0n) is 11.2. The highest BCUT2D eigenvalue weighted by Crippen LogP contribution is 2.28. The summed E-state index contributed by atoms with van der Waals surface area (Å²) in [6.07, 6.45) is 5.15. The van der Waals surface area contributed by atoms with E-state index >= 15 is 0 Å². The van der Waals surface area contributed by atoms with Gasteiger partial charge in [-0.3, -0.25) is 4.90 Å². The lowest BCUT2D eigenvalue weighted by Gasteiger charge is -2.36. The van der Waals surface area contributed by atoms with Crippen LogP contribution in [0.5, 0.6) is 5.75 Å². The molecule has 1 aliphatic rings. The van der Waals surface area contributed by atoms with Gasteiger partial charge in [0.1, 0.15) is 0 Å². The maximum absolute atomic E-state index is 13.3. The van der Waals surface area contributed by atoms with Crippen molar-refractivity contribution < 1.29 is 9.50 Å². The Labute approximate surface area is 108 Å². The average Bonchev–Trinajstić information content (AvgIpc) is 2.34. The van der Waals surface area contributed by atoms with Crippen molar-refractivity contribution in [1.29, 1.82) is 0 Å². The molecule has 1 saturated carbocycles. The summed E-state index contributed by atoms with van der Waals surface area (Å²) < 4.78 is 13.3. The van der Waals surface area contributed by atoms with E-state index in [9.17, 15) is 9.50 Å². The molecule has 1 fully saturated rings. The van der Waals surface area contributed by atoms with Crippen molar-refractivity contribution in [3.63, 3.8) is 0 Å². The molecule has 1 aromatic carbocycles. The molecule has 0 radical (unpaired) electrons.